The summed E-state index contributed by atoms with van der Waals surface area (Å²) in [5.41, 5.74) is -0.391. The minimum Gasteiger partial charge on any atom is -0.478 e. The van der Waals surface area contributed by atoms with Crippen LogP contribution in [0.15, 0.2) is 18.2 Å². The first-order valence-corrected chi connectivity index (χ1v) is 6.42. The monoisotopic (exact) mass is 279 g/mol. The fourth-order valence-corrected chi connectivity index (χ4v) is 2.86. The van der Waals surface area contributed by atoms with Gasteiger partial charge in [0.1, 0.15) is 5.82 Å². The lowest BCUT2D eigenvalue weighted by Gasteiger charge is -2.09. The van der Waals surface area contributed by atoms with Gasteiger partial charge in [-0.1, -0.05) is 27.7 Å². The van der Waals surface area contributed by atoms with E-state index in [-0.39, 0.29) is 33.9 Å². The molecule has 108 valence electrons. The summed E-state index contributed by atoms with van der Waals surface area (Å²) in [5.74, 6) is -2.34. The van der Waals surface area contributed by atoms with Crippen LogP contribution in [0.3, 0.4) is 0 Å². The number of halogens is 1. The van der Waals surface area contributed by atoms with Crippen LogP contribution in [0.5, 0.6) is 0 Å². The lowest BCUT2D eigenvalue weighted by Crippen LogP contribution is -2.19. The maximum Gasteiger partial charge on any atom is 0.337 e. The second kappa shape index (κ2) is 4.30. The number of carbonyl (C=O) groups is 2. The molecule has 1 aromatic carbocycles. The standard InChI is InChI=1S/C15H18FNO3/c1-14(2)11(15(14,3)4)12(18)17-10-6-5-8(16)7-9(10)13(19)20/h5-7,11H,1-4H3,(H,17,18)(H,19,20). The molecular formula is C15H18FNO3. The van der Waals surface area contributed by atoms with Crippen LogP contribution in [0.25, 0.3) is 0 Å². The topological polar surface area (TPSA) is 66.4 Å². The van der Waals surface area contributed by atoms with E-state index < -0.39 is 11.8 Å². The third kappa shape index (κ3) is 2.07. The highest BCUT2D eigenvalue weighted by Gasteiger charge is 2.68. The van der Waals surface area contributed by atoms with Crippen molar-refractivity contribution < 1.29 is 19.1 Å². The number of hydrogen-bond acceptors (Lipinski definition) is 2. The van der Waals surface area contributed by atoms with E-state index in [9.17, 15) is 14.0 Å². The molecule has 0 aromatic heterocycles. The number of rotatable bonds is 3. The molecule has 0 saturated heterocycles. The Balaban J connectivity index is 2.24. The van der Waals surface area contributed by atoms with E-state index in [1.165, 1.54) is 6.07 Å². The summed E-state index contributed by atoms with van der Waals surface area (Å²) in [5, 5.41) is 11.7. The maximum absolute atomic E-state index is 13.1. The number of benzene rings is 1. The van der Waals surface area contributed by atoms with Crippen molar-refractivity contribution in [2.24, 2.45) is 16.7 Å². The highest BCUT2D eigenvalue weighted by atomic mass is 19.1. The molecule has 0 unspecified atom stereocenters. The average molecular weight is 279 g/mol. The predicted molar refractivity (Wildman–Crippen MR) is 73.0 cm³/mol. The zero-order valence-corrected chi connectivity index (χ0v) is 12.0. The van der Waals surface area contributed by atoms with Gasteiger partial charge in [-0.15, -0.1) is 0 Å². The largest absolute Gasteiger partial charge is 0.478 e. The Labute approximate surface area is 117 Å². The molecule has 1 aliphatic rings. The summed E-state index contributed by atoms with van der Waals surface area (Å²) in [7, 11) is 0. The first-order valence-electron chi connectivity index (χ1n) is 6.42. The van der Waals surface area contributed by atoms with Gasteiger partial charge < -0.3 is 10.4 Å². The van der Waals surface area contributed by atoms with E-state index in [4.69, 9.17) is 5.11 Å². The van der Waals surface area contributed by atoms with Crippen molar-refractivity contribution in [1.82, 2.24) is 0 Å². The van der Waals surface area contributed by atoms with Gasteiger partial charge >= 0.3 is 5.97 Å². The number of nitrogens with one attached hydrogen (secondary N) is 1. The summed E-state index contributed by atoms with van der Waals surface area (Å²) >= 11 is 0. The molecule has 0 bridgehead atoms. The number of anilines is 1. The predicted octanol–water partition coefficient (Wildman–Crippen LogP) is 3.14. The number of carboxylic acid groups (broad SMARTS) is 1. The molecule has 1 amide bonds. The smallest absolute Gasteiger partial charge is 0.337 e. The van der Waals surface area contributed by atoms with Crippen molar-refractivity contribution >= 4 is 17.6 Å². The molecule has 0 heterocycles. The minimum absolute atomic E-state index is 0.127. The average Bonchev–Trinajstić information content (AvgIpc) is 2.71. The summed E-state index contributed by atoms with van der Waals surface area (Å²) in [4.78, 5) is 23.3. The Hall–Kier alpha value is -1.91. The third-order valence-corrected chi connectivity index (χ3v) is 4.75. The Morgan fingerprint density at radius 3 is 2.20 bits per heavy atom. The van der Waals surface area contributed by atoms with Gasteiger partial charge in [-0.3, -0.25) is 4.79 Å². The SMILES string of the molecule is CC1(C)C(C(=O)Nc2ccc(F)cc2C(=O)O)C1(C)C. The molecule has 20 heavy (non-hydrogen) atoms. The van der Waals surface area contributed by atoms with Crippen molar-refractivity contribution in [1.29, 1.82) is 0 Å². The van der Waals surface area contributed by atoms with Crippen LogP contribution < -0.4 is 5.32 Å². The lowest BCUT2D eigenvalue weighted by molar-refractivity contribution is -0.118. The van der Waals surface area contributed by atoms with E-state index in [0.29, 0.717) is 0 Å². The highest BCUT2D eigenvalue weighted by molar-refractivity contribution is 6.02. The highest BCUT2D eigenvalue weighted by Crippen LogP contribution is 2.68. The van der Waals surface area contributed by atoms with Gasteiger partial charge in [0.25, 0.3) is 0 Å². The van der Waals surface area contributed by atoms with E-state index in [0.717, 1.165) is 12.1 Å². The van der Waals surface area contributed by atoms with Crippen LogP contribution in [0.2, 0.25) is 0 Å². The van der Waals surface area contributed by atoms with Crippen LogP contribution >= 0.6 is 0 Å². The molecule has 0 radical (unpaired) electrons. The van der Waals surface area contributed by atoms with Crippen LogP contribution in [0.4, 0.5) is 10.1 Å². The number of carbonyl (C=O) groups excluding carboxylic acids is 1. The lowest BCUT2D eigenvalue weighted by atomic mass is 10.0. The summed E-state index contributed by atoms with van der Waals surface area (Å²) in [6.45, 7) is 8.00. The molecule has 1 aromatic rings. The molecule has 0 atom stereocenters. The Kier molecular flexibility index (Phi) is 3.11. The van der Waals surface area contributed by atoms with E-state index in [1.54, 1.807) is 0 Å². The quantitative estimate of drug-likeness (QED) is 0.893. The van der Waals surface area contributed by atoms with Crippen molar-refractivity contribution in [3.8, 4) is 0 Å². The number of hydrogen-bond donors (Lipinski definition) is 2. The third-order valence-electron chi connectivity index (χ3n) is 4.75. The van der Waals surface area contributed by atoms with Crippen LogP contribution in [0.1, 0.15) is 38.1 Å². The van der Waals surface area contributed by atoms with E-state index in [1.807, 2.05) is 27.7 Å². The number of carboxylic acids is 1. The summed E-state index contributed by atoms with van der Waals surface area (Å²) < 4.78 is 13.1. The van der Waals surface area contributed by atoms with Gasteiger partial charge in [-0.25, -0.2) is 9.18 Å². The normalized spacial score (nSPS) is 19.4. The maximum atomic E-state index is 13.1. The second-order valence-electron chi connectivity index (χ2n) is 6.36. The first-order chi connectivity index (χ1) is 9.09. The van der Waals surface area contributed by atoms with Crippen LogP contribution in [-0.4, -0.2) is 17.0 Å². The molecule has 4 nitrogen and oxygen atoms in total. The molecule has 1 saturated carbocycles. The van der Waals surface area contributed by atoms with Crippen LogP contribution in [0, 0.1) is 22.6 Å². The molecule has 5 heteroatoms. The fourth-order valence-electron chi connectivity index (χ4n) is 2.86. The number of amides is 1. The summed E-state index contributed by atoms with van der Waals surface area (Å²) in [6.07, 6.45) is 0. The van der Waals surface area contributed by atoms with Gasteiger partial charge in [0.05, 0.1) is 11.3 Å². The van der Waals surface area contributed by atoms with Gasteiger partial charge in [-0.2, -0.15) is 0 Å². The zero-order valence-electron chi connectivity index (χ0n) is 12.0. The number of aromatic carboxylic acids is 1. The molecule has 1 fully saturated rings. The Morgan fingerprint density at radius 2 is 1.75 bits per heavy atom. The molecule has 0 spiro atoms. The second-order valence-corrected chi connectivity index (χ2v) is 6.36. The molecular weight excluding hydrogens is 261 g/mol. The fraction of sp³-hybridized carbons (Fsp3) is 0.467. The van der Waals surface area contributed by atoms with Crippen LogP contribution in [-0.2, 0) is 4.79 Å². The zero-order chi connectivity index (χ0) is 15.3. The molecule has 2 N–H and O–H groups in total. The minimum atomic E-state index is -1.27. The van der Waals surface area contributed by atoms with Gasteiger partial charge in [0, 0.05) is 5.92 Å². The Morgan fingerprint density at radius 1 is 1.20 bits per heavy atom. The molecule has 1 aliphatic carbocycles. The van der Waals surface area contributed by atoms with E-state index in [2.05, 4.69) is 5.32 Å². The van der Waals surface area contributed by atoms with Crippen molar-refractivity contribution in [3.63, 3.8) is 0 Å². The molecule has 2 rings (SSSR count). The van der Waals surface area contributed by atoms with Gasteiger partial charge in [0.2, 0.25) is 5.91 Å². The van der Waals surface area contributed by atoms with Gasteiger partial charge in [0.15, 0.2) is 0 Å². The van der Waals surface area contributed by atoms with E-state index >= 15 is 0 Å². The van der Waals surface area contributed by atoms with Gasteiger partial charge in [-0.05, 0) is 29.0 Å². The Bertz CT molecular complexity index is 579. The van der Waals surface area contributed by atoms with Crippen molar-refractivity contribution in [3.05, 3.63) is 29.6 Å². The van der Waals surface area contributed by atoms with Crippen molar-refractivity contribution in [2.75, 3.05) is 5.32 Å². The van der Waals surface area contributed by atoms with Crippen molar-refractivity contribution in [2.45, 2.75) is 27.7 Å². The summed E-state index contributed by atoms with van der Waals surface area (Å²) in [6, 6.07) is 3.31. The first kappa shape index (κ1) is 14.5. The molecule has 0 aliphatic heterocycles.